The highest BCUT2D eigenvalue weighted by molar-refractivity contribution is 7.98. The standard InChI is InChI=1S/C10H14N2OS/c1-14-10-8(3-2-4-12-10)9-7-11-5-6-13-9/h2-4,9,11H,5-7H2,1H3. The Hall–Kier alpha value is -0.580. The zero-order valence-electron chi connectivity index (χ0n) is 8.19. The minimum Gasteiger partial charge on any atom is -0.371 e. The van der Waals surface area contributed by atoms with Gasteiger partial charge in [0.25, 0.3) is 0 Å². The molecular formula is C10H14N2OS. The van der Waals surface area contributed by atoms with Crippen LogP contribution >= 0.6 is 11.8 Å². The molecule has 0 aromatic carbocycles. The van der Waals surface area contributed by atoms with Crippen LogP contribution in [0.5, 0.6) is 0 Å². The van der Waals surface area contributed by atoms with Gasteiger partial charge in [-0.05, 0) is 12.3 Å². The summed E-state index contributed by atoms with van der Waals surface area (Å²) in [5, 5.41) is 4.39. The average Bonchev–Trinajstić information content (AvgIpc) is 2.30. The van der Waals surface area contributed by atoms with E-state index in [1.54, 1.807) is 11.8 Å². The maximum Gasteiger partial charge on any atom is 0.102 e. The first-order valence-corrected chi connectivity index (χ1v) is 5.95. The van der Waals surface area contributed by atoms with E-state index in [0.29, 0.717) is 0 Å². The van der Waals surface area contributed by atoms with Gasteiger partial charge in [0.15, 0.2) is 0 Å². The van der Waals surface area contributed by atoms with Gasteiger partial charge in [0.1, 0.15) is 5.03 Å². The van der Waals surface area contributed by atoms with Crippen molar-refractivity contribution < 1.29 is 4.74 Å². The van der Waals surface area contributed by atoms with Crippen molar-refractivity contribution in [3.8, 4) is 0 Å². The van der Waals surface area contributed by atoms with E-state index in [4.69, 9.17) is 4.74 Å². The summed E-state index contributed by atoms with van der Waals surface area (Å²) < 4.78 is 5.69. The molecule has 2 rings (SSSR count). The number of pyridine rings is 1. The second kappa shape index (κ2) is 4.77. The topological polar surface area (TPSA) is 34.2 Å². The zero-order valence-corrected chi connectivity index (χ0v) is 9.01. The number of hydrogen-bond donors (Lipinski definition) is 1. The van der Waals surface area contributed by atoms with E-state index in [2.05, 4.69) is 16.4 Å². The fourth-order valence-corrected chi connectivity index (χ4v) is 2.19. The normalized spacial score (nSPS) is 22.2. The third-order valence-corrected chi connectivity index (χ3v) is 3.00. The van der Waals surface area contributed by atoms with E-state index in [9.17, 15) is 0 Å². The highest BCUT2D eigenvalue weighted by Gasteiger charge is 2.18. The van der Waals surface area contributed by atoms with Crippen LogP contribution in [0.1, 0.15) is 11.7 Å². The quantitative estimate of drug-likeness (QED) is 0.749. The Kier molecular flexibility index (Phi) is 3.39. The first-order chi connectivity index (χ1) is 6.92. The number of nitrogens with one attached hydrogen (secondary N) is 1. The van der Waals surface area contributed by atoms with Gasteiger partial charge in [0.05, 0.1) is 12.7 Å². The lowest BCUT2D eigenvalue weighted by Crippen LogP contribution is -2.33. The molecule has 1 aliphatic heterocycles. The van der Waals surface area contributed by atoms with Crippen LogP contribution in [0.4, 0.5) is 0 Å². The number of thioether (sulfide) groups is 1. The number of ether oxygens (including phenoxy) is 1. The minimum atomic E-state index is 0.167. The molecule has 1 unspecified atom stereocenters. The Morgan fingerprint density at radius 3 is 3.29 bits per heavy atom. The van der Waals surface area contributed by atoms with Gasteiger partial charge in [0.2, 0.25) is 0 Å². The van der Waals surface area contributed by atoms with Crippen molar-refractivity contribution in [1.82, 2.24) is 10.3 Å². The summed E-state index contributed by atoms with van der Waals surface area (Å²) in [6, 6.07) is 4.06. The molecule has 2 heterocycles. The van der Waals surface area contributed by atoms with Crippen molar-refractivity contribution in [1.29, 1.82) is 0 Å². The second-order valence-corrected chi connectivity index (χ2v) is 3.96. The molecule has 14 heavy (non-hydrogen) atoms. The van der Waals surface area contributed by atoms with Gasteiger partial charge in [-0.3, -0.25) is 0 Å². The molecule has 3 nitrogen and oxygen atoms in total. The van der Waals surface area contributed by atoms with Crippen LogP contribution in [0.15, 0.2) is 23.4 Å². The fourth-order valence-electron chi connectivity index (χ4n) is 1.58. The molecule has 1 aliphatic rings. The Morgan fingerprint density at radius 1 is 1.64 bits per heavy atom. The molecule has 1 atom stereocenters. The molecule has 76 valence electrons. The summed E-state index contributed by atoms with van der Waals surface area (Å²) in [7, 11) is 0. The van der Waals surface area contributed by atoms with Crippen LogP contribution in [-0.4, -0.2) is 30.9 Å². The number of rotatable bonds is 2. The number of morpholine rings is 1. The first-order valence-electron chi connectivity index (χ1n) is 4.73. The van der Waals surface area contributed by atoms with Gasteiger partial charge in [-0.25, -0.2) is 4.98 Å². The Bertz CT molecular complexity index is 300. The summed E-state index contributed by atoms with van der Waals surface area (Å²) in [6.07, 6.45) is 4.04. The van der Waals surface area contributed by atoms with E-state index in [1.165, 1.54) is 5.56 Å². The zero-order chi connectivity index (χ0) is 9.80. The Balaban J connectivity index is 2.20. The van der Waals surface area contributed by atoms with E-state index in [0.717, 1.165) is 24.7 Å². The summed E-state index contributed by atoms with van der Waals surface area (Å²) in [6.45, 7) is 2.62. The molecule has 1 fully saturated rings. The fraction of sp³-hybridized carbons (Fsp3) is 0.500. The van der Waals surface area contributed by atoms with Gasteiger partial charge in [-0.1, -0.05) is 6.07 Å². The number of aromatic nitrogens is 1. The Morgan fingerprint density at radius 2 is 2.57 bits per heavy atom. The molecule has 1 aromatic rings. The number of nitrogens with zero attached hydrogens (tertiary/aromatic N) is 1. The van der Waals surface area contributed by atoms with Crippen LogP contribution in [0.2, 0.25) is 0 Å². The molecular weight excluding hydrogens is 196 g/mol. The van der Waals surface area contributed by atoms with Crippen molar-refractivity contribution in [3.05, 3.63) is 23.9 Å². The second-order valence-electron chi connectivity index (χ2n) is 3.17. The highest BCUT2D eigenvalue weighted by atomic mass is 32.2. The molecule has 0 radical (unpaired) electrons. The van der Waals surface area contributed by atoms with Crippen molar-refractivity contribution in [2.75, 3.05) is 26.0 Å². The Labute approximate surface area is 88.3 Å². The van der Waals surface area contributed by atoms with Gasteiger partial charge >= 0.3 is 0 Å². The third kappa shape index (κ3) is 2.08. The van der Waals surface area contributed by atoms with E-state index >= 15 is 0 Å². The van der Waals surface area contributed by atoms with Crippen LogP contribution in [0.25, 0.3) is 0 Å². The van der Waals surface area contributed by atoms with Crippen LogP contribution in [0, 0.1) is 0 Å². The maximum atomic E-state index is 5.69. The molecule has 1 N–H and O–H groups in total. The highest BCUT2D eigenvalue weighted by Crippen LogP contribution is 2.26. The molecule has 1 saturated heterocycles. The number of hydrogen-bond acceptors (Lipinski definition) is 4. The summed E-state index contributed by atoms with van der Waals surface area (Å²) >= 11 is 1.67. The van der Waals surface area contributed by atoms with E-state index < -0.39 is 0 Å². The summed E-state index contributed by atoms with van der Waals surface area (Å²) in [5.41, 5.74) is 1.20. The maximum absolute atomic E-state index is 5.69. The molecule has 0 spiro atoms. The molecule has 0 saturated carbocycles. The smallest absolute Gasteiger partial charge is 0.102 e. The van der Waals surface area contributed by atoms with Gasteiger partial charge in [-0.15, -0.1) is 11.8 Å². The van der Waals surface area contributed by atoms with E-state index in [-0.39, 0.29) is 6.10 Å². The average molecular weight is 210 g/mol. The van der Waals surface area contributed by atoms with Gasteiger partial charge < -0.3 is 10.1 Å². The van der Waals surface area contributed by atoms with Crippen molar-refractivity contribution >= 4 is 11.8 Å². The lowest BCUT2D eigenvalue weighted by atomic mass is 10.1. The van der Waals surface area contributed by atoms with E-state index in [1.807, 2.05) is 18.5 Å². The van der Waals surface area contributed by atoms with Crippen LogP contribution in [-0.2, 0) is 4.74 Å². The molecule has 1 aromatic heterocycles. The molecule has 0 amide bonds. The first kappa shape index (κ1) is 9.96. The third-order valence-electron chi connectivity index (χ3n) is 2.27. The van der Waals surface area contributed by atoms with Crippen molar-refractivity contribution in [2.45, 2.75) is 11.1 Å². The van der Waals surface area contributed by atoms with Crippen molar-refractivity contribution in [2.24, 2.45) is 0 Å². The molecule has 4 heteroatoms. The van der Waals surface area contributed by atoms with Gasteiger partial charge in [0, 0.05) is 24.8 Å². The van der Waals surface area contributed by atoms with Crippen molar-refractivity contribution in [3.63, 3.8) is 0 Å². The lowest BCUT2D eigenvalue weighted by Gasteiger charge is -2.24. The van der Waals surface area contributed by atoms with Gasteiger partial charge in [-0.2, -0.15) is 0 Å². The summed E-state index contributed by atoms with van der Waals surface area (Å²) in [5.74, 6) is 0. The largest absolute Gasteiger partial charge is 0.371 e. The van der Waals surface area contributed by atoms with Crippen LogP contribution in [0.3, 0.4) is 0 Å². The lowest BCUT2D eigenvalue weighted by molar-refractivity contribution is 0.0257. The monoisotopic (exact) mass is 210 g/mol. The SMILES string of the molecule is CSc1ncccc1C1CNCCO1. The summed E-state index contributed by atoms with van der Waals surface area (Å²) in [4.78, 5) is 4.33. The molecule has 0 aliphatic carbocycles. The van der Waals surface area contributed by atoms with Crippen LogP contribution < -0.4 is 5.32 Å². The predicted molar refractivity (Wildman–Crippen MR) is 57.6 cm³/mol. The predicted octanol–water partition coefficient (Wildman–Crippen LogP) is 1.46. The molecule has 0 bridgehead atoms. The minimum absolute atomic E-state index is 0.167.